The predicted molar refractivity (Wildman–Crippen MR) is 40.5 cm³/mol. The highest BCUT2D eigenvalue weighted by Crippen LogP contribution is 2.33. The number of hydrogen-bond acceptors (Lipinski definition) is 0. The van der Waals surface area contributed by atoms with Crippen LogP contribution in [0.4, 0.5) is 22.0 Å². The van der Waals surface area contributed by atoms with Crippen LogP contribution in [0.15, 0.2) is 30.1 Å². The van der Waals surface area contributed by atoms with Gasteiger partial charge in [-0.25, -0.2) is 4.39 Å². The second-order valence-corrected chi connectivity index (χ2v) is 2.41. The number of allylic oxidation sites excluding steroid dienone is 1. The summed E-state index contributed by atoms with van der Waals surface area (Å²) in [5, 5.41) is 0. The lowest BCUT2D eigenvalue weighted by Gasteiger charge is -2.04. The van der Waals surface area contributed by atoms with Gasteiger partial charge in [-0.2, -0.15) is 17.6 Å². The third-order valence-corrected chi connectivity index (χ3v) is 1.41. The van der Waals surface area contributed by atoms with Gasteiger partial charge < -0.3 is 0 Å². The van der Waals surface area contributed by atoms with Crippen molar-refractivity contribution in [1.29, 1.82) is 0 Å². The van der Waals surface area contributed by atoms with E-state index >= 15 is 0 Å². The average Bonchev–Trinajstić information content (AvgIpc) is 2.15. The highest BCUT2D eigenvalue weighted by atomic mass is 19.4. The van der Waals surface area contributed by atoms with Crippen LogP contribution in [0.1, 0.15) is 5.56 Å². The van der Waals surface area contributed by atoms with E-state index in [0.717, 1.165) is 12.1 Å². The molecule has 0 unspecified atom stereocenters. The molecule has 0 saturated heterocycles. The van der Waals surface area contributed by atoms with Crippen molar-refractivity contribution in [1.82, 2.24) is 0 Å². The van der Waals surface area contributed by atoms with Crippen LogP contribution in [-0.4, -0.2) is 6.18 Å². The Labute approximate surface area is 76.7 Å². The van der Waals surface area contributed by atoms with Gasteiger partial charge in [-0.15, -0.1) is 0 Å². The first kappa shape index (κ1) is 10.7. The predicted octanol–water partition coefficient (Wildman–Crippen LogP) is 3.66. The molecular weight excluding hydrogens is 203 g/mol. The van der Waals surface area contributed by atoms with Gasteiger partial charge in [-0.1, -0.05) is 24.3 Å². The molecule has 75 valence electrons. The zero-order chi connectivity index (χ0) is 10.8. The van der Waals surface area contributed by atoms with E-state index in [0.29, 0.717) is 0 Å². The molecule has 0 amide bonds. The van der Waals surface area contributed by atoms with Crippen LogP contribution >= 0.6 is 0 Å². The molecule has 0 heterocycles. The Hall–Kier alpha value is -1.39. The molecule has 0 spiro atoms. The van der Waals surface area contributed by atoms with Crippen molar-refractivity contribution in [3.05, 3.63) is 41.7 Å². The quantitative estimate of drug-likeness (QED) is 0.616. The van der Waals surface area contributed by atoms with E-state index in [1.807, 2.05) is 0 Å². The Morgan fingerprint density at radius 2 is 1.57 bits per heavy atom. The second-order valence-electron chi connectivity index (χ2n) is 2.41. The number of alkyl halides is 3. The molecule has 0 nitrogen and oxygen atoms in total. The molecule has 0 atom stereocenters. The molecule has 0 aromatic heterocycles. The monoisotopic (exact) mass is 207 g/mol. The maximum atomic E-state index is 12.8. The van der Waals surface area contributed by atoms with E-state index in [1.54, 1.807) is 0 Å². The summed E-state index contributed by atoms with van der Waals surface area (Å²) in [6, 6.07) is 6.86. The van der Waals surface area contributed by atoms with Crippen LogP contribution in [-0.2, 0) is 0 Å². The Bertz CT molecular complexity index is 336. The summed E-state index contributed by atoms with van der Waals surface area (Å²) in [5.74, 6) is -4.63. The van der Waals surface area contributed by atoms with Gasteiger partial charge in [0.25, 0.3) is 0 Å². The van der Waals surface area contributed by atoms with Crippen LogP contribution in [0.2, 0.25) is 0 Å². The third kappa shape index (κ3) is 2.31. The topological polar surface area (TPSA) is 0 Å². The molecule has 0 aliphatic heterocycles. The van der Waals surface area contributed by atoms with E-state index in [4.69, 9.17) is 0 Å². The summed E-state index contributed by atoms with van der Waals surface area (Å²) in [6.07, 6.45) is -5.29. The lowest BCUT2D eigenvalue weighted by atomic mass is 10.2. The van der Waals surface area contributed by atoms with Crippen molar-refractivity contribution in [2.75, 3.05) is 0 Å². The number of benzene rings is 1. The summed E-state index contributed by atoms with van der Waals surface area (Å²) in [6.45, 7) is 0. The van der Waals surface area contributed by atoms with Gasteiger partial charge in [0.05, 0.1) is 0 Å². The lowest BCUT2D eigenvalue weighted by Crippen LogP contribution is -2.09. The van der Waals surface area contributed by atoms with Gasteiger partial charge in [0.2, 0.25) is 5.83 Å². The van der Waals surface area contributed by atoms with Crippen molar-refractivity contribution >= 4 is 5.83 Å². The molecule has 0 saturated carbocycles. The molecule has 0 fully saturated rings. The second kappa shape index (κ2) is 3.77. The molecule has 0 aliphatic rings. The molecule has 1 aromatic rings. The van der Waals surface area contributed by atoms with Crippen LogP contribution in [0, 0.1) is 6.07 Å². The summed E-state index contributed by atoms with van der Waals surface area (Å²) < 4.78 is 60.3. The molecular formula is C9H4F5. The lowest BCUT2D eigenvalue weighted by molar-refractivity contribution is -0.108. The van der Waals surface area contributed by atoms with Gasteiger partial charge >= 0.3 is 6.18 Å². The van der Waals surface area contributed by atoms with Crippen molar-refractivity contribution in [3.63, 3.8) is 0 Å². The Morgan fingerprint density at radius 1 is 1.07 bits per heavy atom. The molecule has 0 aliphatic carbocycles. The normalized spacial score (nSPS) is 13.8. The first-order chi connectivity index (χ1) is 6.43. The van der Waals surface area contributed by atoms with Gasteiger partial charge in [-0.05, 0) is 6.07 Å². The van der Waals surface area contributed by atoms with Crippen LogP contribution in [0.3, 0.4) is 0 Å². The maximum absolute atomic E-state index is 12.8. The van der Waals surface area contributed by atoms with Gasteiger partial charge in [0.15, 0.2) is 5.83 Å². The average molecular weight is 207 g/mol. The Kier molecular flexibility index (Phi) is 2.88. The number of hydrogen-bond donors (Lipinski definition) is 0. The minimum atomic E-state index is -5.29. The Morgan fingerprint density at radius 3 is 2.00 bits per heavy atom. The number of rotatable bonds is 1. The minimum Gasteiger partial charge on any atom is -0.203 e. The third-order valence-electron chi connectivity index (χ3n) is 1.41. The zero-order valence-electron chi connectivity index (χ0n) is 6.70. The summed E-state index contributed by atoms with van der Waals surface area (Å²) in [4.78, 5) is 0. The fourth-order valence-electron chi connectivity index (χ4n) is 0.784. The Balaban J connectivity index is 3.12. The smallest absolute Gasteiger partial charge is 0.203 e. The highest BCUT2D eigenvalue weighted by Gasteiger charge is 2.38. The van der Waals surface area contributed by atoms with E-state index in [2.05, 4.69) is 6.07 Å². The van der Waals surface area contributed by atoms with Crippen LogP contribution in [0.25, 0.3) is 5.83 Å². The first-order valence-corrected chi connectivity index (χ1v) is 3.52. The standard InChI is InChI=1S/C9H4F5/c10-7(8(11)9(12,13)14)6-4-2-1-3-5-6/h2-5H. The van der Waals surface area contributed by atoms with Crippen LogP contribution in [0.5, 0.6) is 0 Å². The van der Waals surface area contributed by atoms with Crippen LogP contribution < -0.4 is 0 Å². The SMILES string of the molecule is FC(=C(F)C(F)(F)F)c1cc[c]cc1. The molecule has 1 aromatic carbocycles. The minimum absolute atomic E-state index is 0.460. The van der Waals surface area contributed by atoms with Gasteiger partial charge in [-0.3, -0.25) is 0 Å². The van der Waals surface area contributed by atoms with E-state index in [1.165, 1.54) is 12.1 Å². The van der Waals surface area contributed by atoms with Crippen molar-refractivity contribution in [3.8, 4) is 0 Å². The molecule has 0 bridgehead atoms. The van der Waals surface area contributed by atoms with Crippen molar-refractivity contribution in [2.45, 2.75) is 6.18 Å². The zero-order valence-corrected chi connectivity index (χ0v) is 6.70. The number of halogens is 5. The fraction of sp³-hybridized carbons (Fsp3) is 0.111. The van der Waals surface area contributed by atoms with Gasteiger partial charge in [0.1, 0.15) is 0 Å². The summed E-state index contributed by atoms with van der Waals surface area (Å²) in [7, 11) is 0. The molecule has 0 N–H and O–H groups in total. The summed E-state index contributed by atoms with van der Waals surface area (Å²) in [5.41, 5.74) is -0.460. The van der Waals surface area contributed by atoms with Crippen molar-refractivity contribution < 1.29 is 22.0 Å². The maximum Gasteiger partial charge on any atom is 0.445 e. The molecule has 14 heavy (non-hydrogen) atoms. The first-order valence-electron chi connectivity index (χ1n) is 3.52. The summed E-state index contributed by atoms with van der Waals surface area (Å²) >= 11 is 0. The largest absolute Gasteiger partial charge is 0.445 e. The fourth-order valence-corrected chi connectivity index (χ4v) is 0.784. The molecule has 1 rings (SSSR count). The highest BCUT2D eigenvalue weighted by molar-refractivity contribution is 5.61. The van der Waals surface area contributed by atoms with Gasteiger partial charge in [0, 0.05) is 5.56 Å². The molecule has 5 heteroatoms. The van der Waals surface area contributed by atoms with E-state index in [-0.39, 0.29) is 0 Å². The molecule has 1 radical (unpaired) electrons. The van der Waals surface area contributed by atoms with E-state index < -0.39 is 23.4 Å². The van der Waals surface area contributed by atoms with E-state index in [9.17, 15) is 22.0 Å². The van der Waals surface area contributed by atoms with Crippen molar-refractivity contribution in [2.24, 2.45) is 0 Å².